The van der Waals surface area contributed by atoms with Gasteiger partial charge in [-0.2, -0.15) is 0 Å². The Bertz CT molecular complexity index is 689. The fourth-order valence-electron chi connectivity index (χ4n) is 1.64. The predicted octanol–water partition coefficient (Wildman–Crippen LogP) is 4.88. The van der Waals surface area contributed by atoms with Crippen molar-refractivity contribution >= 4 is 40.0 Å². The van der Waals surface area contributed by atoms with Crippen LogP contribution >= 0.6 is 23.4 Å². The summed E-state index contributed by atoms with van der Waals surface area (Å²) in [6.45, 7) is 1.75. The van der Waals surface area contributed by atoms with Gasteiger partial charge in [0.2, 0.25) is 0 Å². The largest absolute Gasteiger partial charge is 0.311 e. The number of rotatable bonds is 3. The summed E-state index contributed by atoms with van der Waals surface area (Å²) in [6, 6.07) is 11.4. The first-order valence-electron chi connectivity index (χ1n) is 5.95. The van der Waals surface area contributed by atoms with Crippen LogP contribution in [0.1, 0.15) is 5.56 Å². The highest BCUT2D eigenvalue weighted by atomic mass is 35.5. The molecule has 2 rings (SSSR count). The van der Waals surface area contributed by atoms with E-state index in [2.05, 4.69) is 5.32 Å². The number of halogens is 1. The summed E-state index contributed by atoms with van der Waals surface area (Å²) in [6.07, 6.45) is 0. The van der Waals surface area contributed by atoms with Crippen molar-refractivity contribution in [1.29, 1.82) is 0 Å². The van der Waals surface area contributed by atoms with Gasteiger partial charge in [-0.3, -0.25) is 14.9 Å². The number of amides is 1. The Kier molecular flexibility index (Phi) is 4.82. The molecule has 7 heteroatoms. The van der Waals surface area contributed by atoms with Gasteiger partial charge in [-0.05, 0) is 54.6 Å². The molecule has 0 unspecified atom stereocenters. The second kappa shape index (κ2) is 6.60. The Balaban J connectivity index is 2.12. The highest BCUT2D eigenvalue weighted by Crippen LogP contribution is 2.28. The Labute approximate surface area is 130 Å². The fourth-order valence-corrected chi connectivity index (χ4v) is 2.42. The molecule has 0 bridgehead atoms. The fraction of sp³-hybridized carbons (Fsp3) is 0.0714. The Morgan fingerprint density at radius 1 is 1.24 bits per heavy atom. The Morgan fingerprint density at radius 3 is 2.52 bits per heavy atom. The van der Waals surface area contributed by atoms with E-state index in [1.54, 1.807) is 37.3 Å². The van der Waals surface area contributed by atoms with Gasteiger partial charge in [-0.25, -0.2) is 0 Å². The topological polar surface area (TPSA) is 72.2 Å². The van der Waals surface area contributed by atoms with Crippen molar-refractivity contribution in [3.05, 3.63) is 63.2 Å². The molecule has 21 heavy (non-hydrogen) atoms. The number of benzene rings is 2. The summed E-state index contributed by atoms with van der Waals surface area (Å²) in [7, 11) is 0. The molecular formula is C14H11ClN2O3S. The lowest BCUT2D eigenvalue weighted by atomic mass is 10.2. The molecule has 0 heterocycles. The van der Waals surface area contributed by atoms with Crippen LogP contribution in [0.3, 0.4) is 0 Å². The quantitative estimate of drug-likeness (QED) is 0.496. The lowest BCUT2D eigenvalue weighted by molar-refractivity contribution is -0.384. The van der Waals surface area contributed by atoms with E-state index >= 15 is 0 Å². The Hall–Kier alpha value is -2.05. The van der Waals surface area contributed by atoms with E-state index in [0.29, 0.717) is 9.92 Å². The maximum absolute atomic E-state index is 11.9. The third-order valence-electron chi connectivity index (χ3n) is 2.61. The van der Waals surface area contributed by atoms with E-state index < -0.39 is 10.2 Å². The van der Waals surface area contributed by atoms with Gasteiger partial charge in [0.25, 0.3) is 10.9 Å². The predicted molar refractivity (Wildman–Crippen MR) is 84.2 cm³/mol. The molecular weight excluding hydrogens is 312 g/mol. The molecule has 2 aromatic carbocycles. The Morgan fingerprint density at radius 2 is 1.90 bits per heavy atom. The van der Waals surface area contributed by atoms with Crippen LogP contribution < -0.4 is 5.32 Å². The van der Waals surface area contributed by atoms with Crippen LogP contribution in [0, 0.1) is 17.0 Å². The smallest absolute Gasteiger partial charge is 0.293 e. The third kappa shape index (κ3) is 4.21. The van der Waals surface area contributed by atoms with Gasteiger partial charge in [0, 0.05) is 16.0 Å². The average molecular weight is 323 g/mol. The zero-order valence-corrected chi connectivity index (χ0v) is 12.6. The van der Waals surface area contributed by atoms with E-state index in [1.807, 2.05) is 0 Å². The second-order valence-corrected chi connectivity index (χ2v) is 5.73. The van der Waals surface area contributed by atoms with Crippen molar-refractivity contribution < 1.29 is 9.72 Å². The number of aryl methyl sites for hydroxylation is 1. The molecule has 108 valence electrons. The van der Waals surface area contributed by atoms with E-state index in [9.17, 15) is 14.9 Å². The van der Waals surface area contributed by atoms with Crippen LogP contribution in [0.25, 0.3) is 0 Å². The standard InChI is InChI=1S/C14H11ClN2O3S/c1-9-2-7-12(13(8-9)17(19)20)16-14(18)21-11-5-3-10(15)4-6-11/h2-8H,1H3,(H,16,18). The molecule has 0 aliphatic rings. The summed E-state index contributed by atoms with van der Waals surface area (Å²) in [4.78, 5) is 23.1. The second-order valence-electron chi connectivity index (χ2n) is 4.25. The molecule has 0 fully saturated rings. The summed E-state index contributed by atoms with van der Waals surface area (Å²) < 4.78 is 0. The van der Waals surface area contributed by atoms with E-state index in [0.717, 1.165) is 17.3 Å². The van der Waals surface area contributed by atoms with Crippen LogP contribution in [-0.2, 0) is 0 Å². The summed E-state index contributed by atoms with van der Waals surface area (Å²) in [5.41, 5.74) is 0.808. The van der Waals surface area contributed by atoms with E-state index in [4.69, 9.17) is 11.6 Å². The van der Waals surface area contributed by atoms with Gasteiger partial charge in [0.1, 0.15) is 5.69 Å². The zero-order chi connectivity index (χ0) is 15.4. The normalized spacial score (nSPS) is 10.2. The number of carbonyl (C=O) groups excluding carboxylic acids is 1. The van der Waals surface area contributed by atoms with E-state index in [-0.39, 0.29) is 11.4 Å². The van der Waals surface area contributed by atoms with Crippen molar-refractivity contribution in [1.82, 2.24) is 0 Å². The lowest BCUT2D eigenvalue weighted by Crippen LogP contribution is -2.07. The number of nitrogens with zero attached hydrogens (tertiary/aromatic N) is 1. The number of hydrogen-bond donors (Lipinski definition) is 1. The minimum absolute atomic E-state index is 0.125. The van der Waals surface area contributed by atoms with Crippen molar-refractivity contribution in [3.8, 4) is 0 Å². The average Bonchev–Trinajstić information content (AvgIpc) is 2.43. The molecule has 0 aromatic heterocycles. The van der Waals surface area contributed by atoms with Crippen LogP contribution in [0.4, 0.5) is 16.2 Å². The van der Waals surface area contributed by atoms with Gasteiger partial charge < -0.3 is 5.32 Å². The molecule has 0 saturated heterocycles. The van der Waals surface area contributed by atoms with Gasteiger partial charge in [0.05, 0.1) is 4.92 Å². The van der Waals surface area contributed by atoms with Crippen LogP contribution in [0.5, 0.6) is 0 Å². The molecule has 0 aliphatic carbocycles. The minimum Gasteiger partial charge on any atom is -0.311 e. The van der Waals surface area contributed by atoms with Crippen molar-refractivity contribution in [2.45, 2.75) is 11.8 Å². The molecule has 0 radical (unpaired) electrons. The maximum Gasteiger partial charge on any atom is 0.293 e. The molecule has 5 nitrogen and oxygen atoms in total. The van der Waals surface area contributed by atoms with Crippen molar-refractivity contribution in [3.63, 3.8) is 0 Å². The number of anilines is 1. The number of nitro groups is 1. The summed E-state index contributed by atoms with van der Waals surface area (Å²) in [5.74, 6) is 0. The highest BCUT2D eigenvalue weighted by Gasteiger charge is 2.16. The van der Waals surface area contributed by atoms with E-state index in [1.165, 1.54) is 12.1 Å². The first-order valence-corrected chi connectivity index (χ1v) is 7.14. The molecule has 1 amide bonds. The number of nitrogens with one attached hydrogen (secondary N) is 1. The monoisotopic (exact) mass is 322 g/mol. The minimum atomic E-state index is -0.518. The van der Waals surface area contributed by atoms with Gasteiger partial charge in [-0.1, -0.05) is 17.7 Å². The number of nitro benzene ring substituents is 1. The molecule has 0 aliphatic heterocycles. The van der Waals surface area contributed by atoms with Gasteiger partial charge >= 0.3 is 0 Å². The first kappa shape index (κ1) is 15.3. The zero-order valence-electron chi connectivity index (χ0n) is 11.0. The molecule has 0 saturated carbocycles. The summed E-state index contributed by atoms with van der Waals surface area (Å²) in [5, 5.41) is 13.7. The van der Waals surface area contributed by atoms with Crippen LogP contribution in [0.2, 0.25) is 5.02 Å². The first-order chi connectivity index (χ1) is 9.95. The van der Waals surface area contributed by atoms with Crippen LogP contribution in [-0.4, -0.2) is 10.2 Å². The number of hydrogen-bond acceptors (Lipinski definition) is 4. The van der Waals surface area contributed by atoms with Crippen molar-refractivity contribution in [2.75, 3.05) is 5.32 Å². The van der Waals surface area contributed by atoms with Gasteiger partial charge in [0.15, 0.2) is 0 Å². The lowest BCUT2D eigenvalue weighted by Gasteiger charge is -2.06. The van der Waals surface area contributed by atoms with Crippen LogP contribution in [0.15, 0.2) is 47.4 Å². The maximum atomic E-state index is 11.9. The molecule has 1 N–H and O–H groups in total. The third-order valence-corrected chi connectivity index (χ3v) is 3.66. The SMILES string of the molecule is Cc1ccc(NC(=O)Sc2ccc(Cl)cc2)c([N+](=O)[O-])c1. The van der Waals surface area contributed by atoms with Gasteiger partial charge in [-0.15, -0.1) is 0 Å². The number of carbonyl (C=O) groups is 1. The molecule has 0 atom stereocenters. The highest BCUT2D eigenvalue weighted by molar-refractivity contribution is 8.13. The summed E-state index contributed by atoms with van der Waals surface area (Å²) >= 11 is 6.70. The molecule has 0 spiro atoms. The number of thioether (sulfide) groups is 1. The van der Waals surface area contributed by atoms with Crippen molar-refractivity contribution in [2.24, 2.45) is 0 Å². The molecule has 2 aromatic rings.